The van der Waals surface area contributed by atoms with Crippen molar-refractivity contribution in [3.8, 4) is 0 Å². The molecule has 0 spiro atoms. The molecule has 14 heteroatoms. The van der Waals surface area contributed by atoms with Gasteiger partial charge >= 0.3 is 5.97 Å². The number of carbonyl (C=O) groups excluding carboxylic acids is 2. The summed E-state index contributed by atoms with van der Waals surface area (Å²) in [6.45, 7) is 2.84. The summed E-state index contributed by atoms with van der Waals surface area (Å²) in [4.78, 5) is 55.4. The standard InChI is InChI=1S/C19H18Cl2N4O6S2/c1-8-5-31-15(22-8)14(32)19(18(29)30)6-24-16(28)12(17(24)33-7-19)25(9(2)26)23-3-10(20)13(27)11(21)4-23/h3-5,12,14,17,32H,6-7H2,1-2H3,(H,29,30)/t12?,14?,17-,19?/m1/s1. The largest absolute Gasteiger partial charge is 0.481 e. The van der Waals surface area contributed by atoms with E-state index in [4.69, 9.17) is 27.6 Å². The third-order valence-corrected chi connectivity index (χ3v) is 8.45. The molecule has 4 heterocycles. The maximum atomic E-state index is 13.1. The number of pyridine rings is 1. The van der Waals surface area contributed by atoms with Gasteiger partial charge in [-0.3, -0.25) is 23.9 Å². The Morgan fingerprint density at radius 3 is 2.52 bits per heavy atom. The molecule has 4 rings (SSSR count). The van der Waals surface area contributed by atoms with E-state index in [1.807, 2.05) is 0 Å². The zero-order valence-electron chi connectivity index (χ0n) is 17.3. The first-order chi connectivity index (χ1) is 15.5. The second-order valence-corrected chi connectivity index (χ2v) is 10.3. The van der Waals surface area contributed by atoms with Gasteiger partial charge in [0.25, 0.3) is 5.91 Å². The lowest BCUT2D eigenvalue weighted by Gasteiger charge is -2.56. The Morgan fingerprint density at radius 1 is 1.36 bits per heavy atom. The number of aromatic nitrogens is 2. The molecule has 1 N–H and O–H groups in total. The minimum Gasteiger partial charge on any atom is -0.481 e. The van der Waals surface area contributed by atoms with Crippen molar-refractivity contribution >= 4 is 65.4 Å². The predicted octanol–water partition coefficient (Wildman–Crippen LogP) is 1.96. The Bertz CT molecular complexity index is 1190. The minimum atomic E-state index is -1.45. The molecule has 2 aliphatic heterocycles. The lowest BCUT2D eigenvalue weighted by atomic mass is 9.83. The van der Waals surface area contributed by atoms with Gasteiger partial charge in [-0.1, -0.05) is 23.2 Å². The number of hydrogen-bond acceptors (Lipinski definition) is 8. The van der Waals surface area contributed by atoms with Gasteiger partial charge in [0, 0.05) is 31.6 Å². The summed E-state index contributed by atoms with van der Waals surface area (Å²) in [6.07, 6.45) is 3.82. The maximum Gasteiger partial charge on any atom is 0.313 e. The molecule has 176 valence electrons. The van der Waals surface area contributed by atoms with E-state index in [-0.39, 0.29) is 28.2 Å². The molecule has 2 saturated heterocycles. The SMILES string of the molecule is CC(=O)N(C1C(=O)N2CC(C(=O)O)(C(S)c3nc(C)co3)CS[C@H]12)n1cc(Cl)c(=O)c(Cl)c1. The van der Waals surface area contributed by atoms with E-state index < -0.39 is 45.3 Å². The van der Waals surface area contributed by atoms with Crippen molar-refractivity contribution in [2.75, 3.05) is 17.3 Å². The summed E-state index contributed by atoms with van der Waals surface area (Å²) in [7, 11) is 0. The highest BCUT2D eigenvalue weighted by Gasteiger charge is 2.62. The molecule has 10 nitrogen and oxygen atoms in total. The first-order valence-corrected chi connectivity index (χ1v) is 11.9. The van der Waals surface area contributed by atoms with E-state index in [0.717, 1.165) is 5.01 Å². The van der Waals surface area contributed by atoms with Crippen molar-refractivity contribution in [2.24, 2.45) is 5.41 Å². The number of nitrogens with zero attached hydrogens (tertiary/aromatic N) is 4. The highest BCUT2D eigenvalue weighted by molar-refractivity contribution is 8.00. The number of carboxylic acid groups (broad SMARTS) is 1. The molecule has 2 aromatic heterocycles. The van der Waals surface area contributed by atoms with Crippen LogP contribution >= 0.6 is 47.6 Å². The number of oxazole rings is 1. The molecule has 4 atom stereocenters. The highest BCUT2D eigenvalue weighted by Crippen LogP contribution is 2.50. The van der Waals surface area contributed by atoms with Gasteiger partial charge in [0.05, 0.1) is 10.9 Å². The number of aliphatic carboxylic acids is 1. The van der Waals surface area contributed by atoms with E-state index in [2.05, 4.69) is 17.6 Å². The summed E-state index contributed by atoms with van der Waals surface area (Å²) < 4.78 is 6.59. The lowest BCUT2D eigenvalue weighted by Crippen LogP contribution is -2.76. The van der Waals surface area contributed by atoms with Crippen LogP contribution in [0.15, 0.2) is 27.9 Å². The van der Waals surface area contributed by atoms with Crippen LogP contribution in [0.4, 0.5) is 0 Å². The third kappa shape index (κ3) is 3.82. The van der Waals surface area contributed by atoms with Gasteiger partial charge in [-0.15, -0.1) is 11.8 Å². The van der Waals surface area contributed by atoms with Crippen LogP contribution in [0.3, 0.4) is 0 Å². The first kappa shape index (κ1) is 24.0. The monoisotopic (exact) mass is 532 g/mol. The normalized spacial score (nSPS) is 25.2. The Balaban J connectivity index is 1.64. The van der Waals surface area contributed by atoms with Crippen LogP contribution in [0, 0.1) is 12.3 Å². The number of halogens is 2. The number of carbonyl (C=O) groups is 3. The quantitative estimate of drug-likeness (QED) is 0.442. The van der Waals surface area contributed by atoms with Crippen LogP contribution in [0.2, 0.25) is 10.0 Å². The van der Waals surface area contributed by atoms with E-state index in [9.17, 15) is 24.3 Å². The van der Waals surface area contributed by atoms with Crippen molar-refractivity contribution in [1.29, 1.82) is 0 Å². The van der Waals surface area contributed by atoms with Crippen molar-refractivity contribution in [3.63, 3.8) is 0 Å². The number of rotatable bonds is 5. The van der Waals surface area contributed by atoms with Gasteiger partial charge in [0.15, 0.2) is 6.04 Å². The number of amides is 2. The summed E-state index contributed by atoms with van der Waals surface area (Å²) >= 11 is 17.6. The van der Waals surface area contributed by atoms with Crippen LogP contribution in [-0.2, 0) is 14.4 Å². The molecule has 2 aromatic rings. The molecule has 2 aliphatic rings. The minimum absolute atomic E-state index is 0.0975. The number of thiol groups is 1. The Hall–Kier alpha value is -2.15. The molecule has 0 aliphatic carbocycles. The van der Waals surface area contributed by atoms with Gasteiger partial charge in [-0.05, 0) is 6.92 Å². The molecule has 0 saturated carbocycles. The smallest absolute Gasteiger partial charge is 0.313 e. The summed E-state index contributed by atoms with van der Waals surface area (Å²) in [5, 5.41) is 9.39. The Morgan fingerprint density at radius 2 is 2.00 bits per heavy atom. The number of β-lactam (4-membered cyclic amide) rings is 1. The Kier molecular flexibility index (Phi) is 6.23. The molecule has 2 amide bonds. The average molecular weight is 533 g/mol. The lowest BCUT2D eigenvalue weighted by molar-refractivity contribution is -0.158. The fraction of sp³-hybridized carbons (Fsp3) is 0.421. The fourth-order valence-electron chi connectivity index (χ4n) is 3.94. The number of hydrogen-bond donors (Lipinski definition) is 2. The van der Waals surface area contributed by atoms with Crippen LogP contribution in [-0.4, -0.2) is 61.2 Å². The van der Waals surface area contributed by atoms with Crippen LogP contribution < -0.4 is 10.4 Å². The molecular weight excluding hydrogens is 515 g/mol. The van der Waals surface area contributed by atoms with Gasteiger partial charge in [0.2, 0.25) is 17.2 Å². The molecule has 0 bridgehead atoms. The van der Waals surface area contributed by atoms with Crippen LogP contribution in [0.25, 0.3) is 0 Å². The van der Waals surface area contributed by atoms with Crippen molar-refractivity contribution in [1.82, 2.24) is 14.6 Å². The zero-order valence-corrected chi connectivity index (χ0v) is 20.5. The zero-order chi connectivity index (χ0) is 24.2. The number of fused-ring (bicyclic) bond motifs is 1. The van der Waals surface area contributed by atoms with Crippen molar-refractivity contribution in [3.05, 3.63) is 50.5 Å². The maximum absolute atomic E-state index is 13.1. The van der Waals surface area contributed by atoms with Crippen LogP contribution in [0.5, 0.6) is 0 Å². The predicted molar refractivity (Wildman–Crippen MR) is 124 cm³/mol. The summed E-state index contributed by atoms with van der Waals surface area (Å²) in [6, 6.07) is -0.934. The van der Waals surface area contributed by atoms with Gasteiger partial charge < -0.3 is 14.4 Å². The second-order valence-electron chi connectivity index (χ2n) is 7.83. The van der Waals surface area contributed by atoms with Crippen molar-refractivity contribution in [2.45, 2.75) is 30.5 Å². The summed E-state index contributed by atoms with van der Waals surface area (Å²) in [5.41, 5.74) is -1.46. The van der Waals surface area contributed by atoms with Gasteiger partial charge in [-0.2, -0.15) is 12.6 Å². The molecule has 0 radical (unpaired) electrons. The van der Waals surface area contributed by atoms with E-state index in [1.54, 1.807) is 6.92 Å². The molecule has 3 unspecified atom stereocenters. The topological polar surface area (TPSA) is 126 Å². The fourth-order valence-corrected chi connectivity index (χ4v) is 6.54. The van der Waals surface area contributed by atoms with Crippen molar-refractivity contribution < 1.29 is 23.9 Å². The highest BCUT2D eigenvalue weighted by atomic mass is 35.5. The molecule has 2 fully saturated rings. The first-order valence-electron chi connectivity index (χ1n) is 9.61. The van der Waals surface area contributed by atoms with Crippen LogP contribution in [0.1, 0.15) is 23.8 Å². The Labute approximate surface area is 207 Å². The number of thioether (sulfide) groups is 1. The molecular formula is C19H18Cl2N4O6S2. The summed E-state index contributed by atoms with van der Waals surface area (Å²) in [5.74, 6) is -1.82. The van der Waals surface area contributed by atoms with E-state index in [0.29, 0.717) is 5.69 Å². The van der Waals surface area contributed by atoms with Gasteiger partial charge in [0.1, 0.15) is 27.1 Å². The number of carboxylic acids is 1. The second kappa shape index (κ2) is 8.57. The van der Waals surface area contributed by atoms with E-state index >= 15 is 0 Å². The van der Waals surface area contributed by atoms with E-state index in [1.165, 1.54) is 46.9 Å². The number of aryl methyl sites for hydroxylation is 1. The van der Waals surface area contributed by atoms with Gasteiger partial charge in [-0.25, -0.2) is 9.99 Å². The molecule has 33 heavy (non-hydrogen) atoms. The third-order valence-electron chi connectivity index (χ3n) is 5.66. The average Bonchev–Trinajstić information content (AvgIpc) is 3.19. The molecule has 0 aromatic carbocycles.